The molecule has 1 aliphatic rings. The molecule has 0 unspecified atom stereocenters. The second-order valence-corrected chi connectivity index (χ2v) is 5.62. The fraction of sp³-hybridized carbons (Fsp3) is 0.615. The first-order chi connectivity index (χ1) is 11.5. The van der Waals surface area contributed by atoms with Gasteiger partial charge in [-0.15, -0.1) is 0 Å². The van der Waals surface area contributed by atoms with Crippen molar-refractivity contribution in [2.45, 2.75) is 45.1 Å². The Bertz CT molecular complexity index is 708. The summed E-state index contributed by atoms with van der Waals surface area (Å²) in [5.74, 6) is -1.07. The second-order valence-electron chi connectivity index (χ2n) is 5.62. The maximum absolute atomic E-state index is 13.2. The molecule has 0 saturated carbocycles. The number of hydrogen-bond donors (Lipinski definition) is 0. The van der Waals surface area contributed by atoms with Gasteiger partial charge in [-0.05, 0) is 39.2 Å². The van der Waals surface area contributed by atoms with Crippen LogP contribution in [-0.4, -0.2) is 30.3 Å². The summed E-state index contributed by atoms with van der Waals surface area (Å²) in [6.07, 6.45) is -5.06. The van der Waals surface area contributed by atoms with Crippen LogP contribution in [0, 0.1) is 0 Å². The monoisotopic (exact) mass is 308 g/mol. The van der Waals surface area contributed by atoms with Crippen molar-refractivity contribution in [3.8, 4) is 5.88 Å². The third-order valence-corrected chi connectivity index (χ3v) is 3.56. The molecule has 1 fully saturated rings. The number of hydrogen-bond acceptors (Lipinski definition) is 4. The van der Waals surface area contributed by atoms with E-state index in [0.29, 0.717) is 0 Å². The van der Waals surface area contributed by atoms with Crippen molar-refractivity contribution < 1.29 is 34.1 Å². The van der Waals surface area contributed by atoms with Crippen LogP contribution in [0.4, 0.5) is 13.2 Å². The lowest BCUT2D eigenvalue weighted by molar-refractivity contribution is -0.141. The van der Waals surface area contributed by atoms with E-state index in [1.165, 1.54) is 0 Å². The summed E-state index contributed by atoms with van der Waals surface area (Å²) in [6.45, 7) is 6.58. The third-order valence-electron chi connectivity index (χ3n) is 3.56. The van der Waals surface area contributed by atoms with Gasteiger partial charge in [-0.3, -0.25) is 0 Å². The van der Waals surface area contributed by atoms with Gasteiger partial charge >= 0.3 is 13.3 Å². The predicted molar refractivity (Wildman–Crippen MR) is 71.5 cm³/mol. The van der Waals surface area contributed by atoms with Crippen molar-refractivity contribution in [2.75, 3.05) is 7.04 Å². The van der Waals surface area contributed by atoms with Gasteiger partial charge in [0.1, 0.15) is 5.69 Å². The lowest BCUT2D eigenvalue weighted by Crippen LogP contribution is -2.41. The molecule has 1 saturated heterocycles. The number of pyridine rings is 1. The van der Waals surface area contributed by atoms with Crippen LogP contribution in [-0.2, 0) is 15.5 Å². The lowest BCUT2D eigenvalue weighted by Gasteiger charge is -2.32. The van der Waals surface area contributed by atoms with E-state index in [4.69, 9.17) is 16.2 Å². The Hall–Kier alpha value is -1.28. The lowest BCUT2D eigenvalue weighted by atomic mass is 9.79. The summed E-state index contributed by atoms with van der Waals surface area (Å²) >= 11 is 0. The molecule has 0 aromatic carbocycles. The molecule has 116 valence electrons. The van der Waals surface area contributed by atoms with Crippen LogP contribution in [0.1, 0.15) is 40.2 Å². The Morgan fingerprint density at radius 1 is 1.24 bits per heavy atom. The van der Waals surface area contributed by atoms with Gasteiger partial charge in [0.2, 0.25) is 5.88 Å². The van der Waals surface area contributed by atoms with Crippen molar-refractivity contribution in [3.63, 3.8) is 0 Å². The van der Waals surface area contributed by atoms with Gasteiger partial charge in [0.05, 0.1) is 25.1 Å². The first-order valence-corrected chi connectivity index (χ1v) is 6.09. The quantitative estimate of drug-likeness (QED) is 0.787. The molecule has 0 spiro atoms. The van der Waals surface area contributed by atoms with Gasteiger partial charge in [0, 0.05) is 6.04 Å². The number of aromatic nitrogens is 1. The molecular weight excluding hydrogens is 286 g/mol. The zero-order chi connectivity index (χ0) is 20.3. The highest BCUT2D eigenvalue weighted by atomic mass is 19.4. The third kappa shape index (κ3) is 3.01. The van der Waals surface area contributed by atoms with E-state index >= 15 is 0 Å². The smallest absolute Gasteiger partial charge is 0.481 e. The van der Waals surface area contributed by atoms with E-state index in [1.807, 2.05) is 0 Å². The van der Waals surface area contributed by atoms with Crippen LogP contribution >= 0.6 is 0 Å². The first kappa shape index (κ1) is 10.5. The SMILES string of the molecule is [2H]c1c(OC([2H])([2H])[2H])nc(C(F)(F)F)c([2H])c1B1OC(C)(C)C(C)(C)O1. The Labute approximate surface area is 128 Å². The molecule has 0 radical (unpaired) electrons. The molecule has 0 amide bonds. The van der Waals surface area contributed by atoms with Crippen molar-refractivity contribution in [1.29, 1.82) is 0 Å². The molecule has 1 aromatic rings. The van der Waals surface area contributed by atoms with E-state index in [9.17, 15) is 13.2 Å². The zero-order valence-corrected chi connectivity index (χ0v) is 11.9. The van der Waals surface area contributed by atoms with E-state index in [1.54, 1.807) is 27.7 Å². The molecule has 0 bridgehead atoms. The highest BCUT2D eigenvalue weighted by molar-refractivity contribution is 6.62. The Balaban J connectivity index is 2.67. The van der Waals surface area contributed by atoms with Crippen LogP contribution < -0.4 is 10.2 Å². The van der Waals surface area contributed by atoms with Gasteiger partial charge in [-0.25, -0.2) is 4.98 Å². The van der Waals surface area contributed by atoms with Crippen LogP contribution in [0.15, 0.2) is 12.1 Å². The van der Waals surface area contributed by atoms with E-state index in [0.717, 1.165) is 0 Å². The maximum Gasteiger partial charge on any atom is 0.495 e. The molecule has 21 heavy (non-hydrogen) atoms. The number of ether oxygens (including phenoxy) is 1. The van der Waals surface area contributed by atoms with Crippen LogP contribution in [0.5, 0.6) is 5.88 Å². The molecule has 1 aliphatic heterocycles. The number of nitrogens with zero attached hydrogens (tertiary/aromatic N) is 1. The van der Waals surface area contributed by atoms with Crippen molar-refractivity contribution >= 4 is 12.6 Å². The van der Waals surface area contributed by atoms with E-state index < -0.39 is 60.7 Å². The predicted octanol–water partition coefficient (Wildman–Crippen LogP) is 2.41. The average Bonchev–Trinajstić information content (AvgIpc) is 2.58. The van der Waals surface area contributed by atoms with Crippen molar-refractivity contribution in [3.05, 3.63) is 17.8 Å². The molecule has 2 heterocycles. The minimum atomic E-state index is -5.06. The second kappa shape index (κ2) is 4.88. The van der Waals surface area contributed by atoms with Gasteiger partial charge in [-0.2, -0.15) is 13.2 Å². The van der Waals surface area contributed by atoms with Gasteiger partial charge in [-0.1, -0.05) is 0 Å². The largest absolute Gasteiger partial charge is 0.495 e. The highest BCUT2D eigenvalue weighted by Crippen LogP contribution is 2.37. The molecule has 8 heteroatoms. The number of rotatable bonds is 2. The summed E-state index contributed by atoms with van der Waals surface area (Å²) in [7, 11) is -4.61. The molecule has 0 aliphatic carbocycles. The molecule has 4 nitrogen and oxygen atoms in total. The number of methoxy groups -OCH3 is 1. The van der Waals surface area contributed by atoms with Crippen LogP contribution in [0.3, 0.4) is 0 Å². The van der Waals surface area contributed by atoms with Gasteiger partial charge < -0.3 is 14.0 Å². The standard InChI is InChI=1S/C13H17BF3NO3/c1-11(2)12(3,4)21-14(20-11)8-6-9(13(15,16)17)18-10(7-8)19-5/h6-7H,1-5H3/i5D3,6D,7D. The summed E-state index contributed by atoms with van der Waals surface area (Å²) < 4.78 is 92.4. The molecule has 2 rings (SSSR count). The summed E-state index contributed by atoms with van der Waals surface area (Å²) in [4.78, 5) is 3.04. The van der Waals surface area contributed by atoms with Gasteiger partial charge in [0.15, 0.2) is 0 Å². The number of halogens is 3. The topological polar surface area (TPSA) is 40.6 Å². The molecular formula is C13H17BF3NO3. The zero-order valence-electron chi connectivity index (χ0n) is 16.9. The van der Waals surface area contributed by atoms with Gasteiger partial charge in [0.25, 0.3) is 0 Å². The molecule has 1 aromatic heterocycles. The first-order valence-electron chi connectivity index (χ1n) is 8.59. The van der Waals surface area contributed by atoms with E-state index in [2.05, 4.69) is 9.72 Å². The average molecular weight is 308 g/mol. The minimum Gasteiger partial charge on any atom is -0.481 e. The molecule has 0 N–H and O–H groups in total. The van der Waals surface area contributed by atoms with E-state index in [-0.39, 0.29) is 0 Å². The molecule has 0 atom stereocenters. The maximum atomic E-state index is 13.2. The summed E-state index contributed by atoms with van der Waals surface area (Å²) in [5, 5.41) is 0. The van der Waals surface area contributed by atoms with Crippen LogP contribution in [0.2, 0.25) is 0 Å². The minimum absolute atomic E-state index is 0.592. The normalized spacial score (nSPS) is 24.7. The van der Waals surface area contributed by atoms with Crippen molar-refractivity contribution in [2.24, 2.45) is 0 Å². The summed E-state index contributed by atoms with van der Waals surface area (Å²) in [6, 6.07) is -1.93. The fourth-order valence-corrected chi connectivity index (χ4v) is 1.69. The van der Waals surface area contributed by atoms with Crippen LogP contribution in [0.25, 0.3) is 0 Å². The fourth-order valence-electron chi connectivity index (χ4n) is 1.69. The van der Waals surface area contributed by atoms with Crippen molar-refractivity contribution in [1.82, 2.24) is 4.98 Å². The Kier molecular flexibility index (Phi) is 2.43. The summed E-state index contributed by atoms with van der Waals surface area (Å²) in [5.41, 5.74) is -4.16. The number of alkyl halides is 3. The highest BCUT2D eigenvalue weighted by Gasteiger charge is 2.52. The Morgan fingerprint density at radius 2 is 1.81 bits per heavy atom. The Morgan fingerprint density at radius 3 is 2.29 bits per heavy atom.